The molecule has 0 aliphatic carbocycles. The Bertz CT molecular complexity index is 618. The third kappa shape index (κ3) is 3.39. The third-order valence-electron chi connectivity index (χ3n) is 2.73. The van der Waals surface area contributed by atoms with Crippen LogP contribution in [0.2, 0.25) is 0 Å². The van der Waals surface area contributed by atoms with Crippen molar-refractivity contribution in [1.29, 1.82) is 5.26 Å². The number of hydrogen-bond acceptors (Lipinski definition) is 4. The zero-order valence-corrected chi connectivity index (χ0v) is 11.9. The molecule has 0 aliphatic heterocycles. The number of carbonyl (C=O) groups is 1. The van der Waals surface area contributed by atoms with Gasteiger partial charge in [-0.3, -0.25) is 9.89 Å². The molecule has 0 fully saturated rings. The number of H-pyrrole nitrogens is 1. The molecular weight excluding hydrogens is 272 g/mol. The standard InChI is InChI=1S/C14H14N4OS/c1-18(10-11-8-16-17-9-11)14(19)12-4-2-3-5-13(12)20-7-6-15/h2-5,8-9H,7,10H2,1H3,(H,16,17). The van der Waals surface area contributed by atoms with Crippen LogP contribution in [0.3, 0.4) is 0 Å². The van der Waals surface area contributed by atoms with E-state index in [-0.39, 0.29) is 5.91 Å². The number of carbonyl (C=O) groups excluding carboxylic acids is 1. The highest BCUT2D eigenvalue weighted by Gasteiger charge is 2.16. The zero-order valence-electron chi connectivity index (χ0n) is 11.0. The van der Waals surface area contributed by atoms with Gasteiger partial charge in [-0.1, -0.05) is 12.1 Å². The molecule has 20 heavy (non-hydrogen) atoms. The van der Waals surface area contributed by atoms with Crippen LogP contribution in [0.5, 0.6) is 0 Å². The van der Waals surface area contributed by atoms with Crippen LogP contribution in [0, 0.1) is 11.3 Å². The summed E-state index contributed by atoms with van der Waals surface area (Å²) in [5, 5.41) is 15.2. The molecule has 6 heteroatoms. The quantitative estimate of drug-likeness (QED) is 0.856. The van der Waals surface area contributed by atoms with Gasteiger partial charge >= 0.3 is 0 Å². The number of thioether (sulfide) groups is 1. The first kappa shape index (κ1) is 14.2. The summed E-state index contributed by atoms with van der Waals surface area (Å²) in [6.07, 6.45) is 3.46. The highest BCUT2D eigenvalue weighted by atomic mass is 32.2. The Morgan fingerprint density at radius 3 is 3.00 bits per heavy atom. The molecule has 1 aromatic heterocycles. The van der Waals surface area contributed by atoms with Crippen molar-refractivity contribution >= 4 is 17.7 Å². The SMILES string of the molecule is CN(Cc1cn[nH]c1)C(=O)c1ccccc1SCC#N. The predicted molar refractivity (Wildman–Crippen MR) is 77.2 cm³/mol. The normalized spacial score (nSPS) is 10.0. The predicted octanol–water partition coefficient (Wildman–Crippen LogP) is 2.30. The molecule has 0 bridgehead atoms. The fourth-order valence-corrected chi connectivity index (χ4v) is 2.50. The lowest BCUT2D eigenvalue weighted by atomic mass is 10.2. The number of rotatable bonds is 5. The van der Waals surface area contributed by atoms with Gasteiger partial charge in [0.15, 0.2) is 0 Å². The van der Waals surface area contributed by atoms with E-state index in [0.717, 1.165) is 10.5 Å². The lowest BCUT2D eigenvalue weighted by Gasteiger charge is -2.17. The topological polar surface area (TPSA) is 72.8 Å². The fraction of sp³-hybridized carbons (Fsp3) is 0.214. The van der Waals surface area contributed by atoms with Crippen molar-refractivity contribution in [2.75, 3.05) is 12.8 Å². The molecular formula is C14H14N4OS. The van der Waals surface area contributed by atoms with Crippen molar-refractivity contribution < 1.29 is 4.79 Å². The van der Waals surface area contributed by atoms with Crippen LogP contribution in [0.15, 0.2) is 41.6 Å². The van der Waals surface area contributed by atoms with Crippen molar-refractivity contribution in [2.24, 2.45) is 0 Å². The molecule has 5 nitrogen and oxygen atoms in total. The average Bonchev–Trinajstić information content (AvgIpc) is 2.97. The Morgan fingerprint density at radius 2 is 2.30 bits per heavy atom. The van der Waals surface area contributed by atoms with E-state index in [1.807, 2.05) is 18.2 Å². The largest absolute Gasteiger partial charge is 0.337 e. The maximum Gasteiger partial charge on any atom is 0.255 e. The molecule has 1 aromatic carbocycles. The molecule has 0 aliphatic rings. The van der Waals surface area contributed by atoms with Gasteiger partial charge in [0.2, 0.25) is 0 Å². The summed E-state index contributed by atoms with van der Waals surface area (Å²) in [6, 6.07) is 9.42. The van der Waals surface area contributed by atoms with Crippen molar-refractivity contribution in [3.8, 4) is 6.07 Å². The molecule has 0 radical (unpaired) electrons. The van der Waals surface area contributed by atoms with Gasteiger partial charge in [0.05, 0.1) is 23.6 Å². The summed E-state index contributed by atoms with van der Waals surface area (Å²) in [6.45, 7) is 0.493. The zero-order chi connectivity index (χ0) is 14.4. The van der Waals surface area contributed by atoms with Gasteiger partial charge in [-0.25, -0.2) is 0 Å². The number of aromatic nitrogens is 2. The summed E-state index contributed by atoms with van der Waals surface area (Å²) in [5.74, 6) is 0.266. The minimum atomic E-state index is -0.0627. The van der Waals surface area contributed by atoms with E-state index in [1.165, 1.54) is 11.8 Å². The smallest absolute Gasteiger partial charge is 0.255 e. The summed E-state index contributed by atoms with van der Waals surface area (Å²) >= 11 is 1.37. The molecule has 0 unspecified atom stereocenters. The van der Waals surface area contributed by atoms with Crippen LogP contribution in [0.25, 0.3) is 0 Å². The second-order valence-corrected chi connectivity index (χ2v) is 5.23. The molecule has 1 heterocycles. The van der Waals surface area contributed by atoms with Crippen molar-refractivity contribution in [3.63, 3.8) is 0 Å². The van der Waals surface area contributed by atoms with Crippen LogP contribution in [-0.4, -0.2) is 33.8 Å². The van der Waals surface area contributed by atoms with Gasteiger partial charge in [-0.05, 0) is 12.1 Å². The van der Waals surface area contributed by atoms with Crippen LogP contribution >= 0.6 is 11.8 Å². The first-order valence-electron chi connectivity index (χ1n) is 6.04. The number of amides is 1. The number of hydrogen-bond donors (Lipinski definition) is 1. The number of benzene rings is 1. The van der Waals surface area contributed by atoms with Gasteiger partial charge in [0.25, 0.3) is 5.91 Å². The summed E-state index contributed by atoms with van der Waals surface area (Å²) in [7, 11) is 1.75. The molecule has 0 atom stereocenters. The summed E-state index contributed by atoms with van der Waals surface area (Å²) in [4.78, 5) is 14.9. The first-order chi connectivity index (χ1) is 9.72. The molecule has 2 rings (SSSR count). The summed E-state index contributed by atoms with van der Waals surface area (Å²) in [5.41, 5.74) is 1.57. The molecule has 0 spiro atoms. The Morgan fingerprint density at radius 1 is 1.50 bits per heavy atom. The van der Waals surface area contributed by atoms with Crippen molar-refractivity contribution in [2.45, 2.75) is 11.4 Å². The minimum absolute atomic E-state index is 0.0627. The summed E-state index contributed by atoms with van der Waals surface area (Å²) < 4.78 is 0. The molecule has 2 aromatic rings. The Hall–Kier alpha value is -2.26. The van der Waals surface area contributed by atoms with Gasteiger partial charge in [0.1, 0.15) is 0 Å². The van der Waals surface area contributed by atoms with Crippen LogP contribution in [-0.2, 0) is 6.54 Å². The van der Waals surface area contributed by atoms with E-state index in [4.69, 9.17) is 5.26 Å². The van der Waals surface area contributed by atoms with Gasteiger partial charge in [0, 0.05) is 30.2 Å². The van der Waals surface area contributed by atoms with E-state index < -0.39 is 0 Å². The number of nitrogens with one attached hydrogen (secondary N) is 1. The molecule has 0 saturated carbocycles. The average molecular weight is 286 g/mol. The number of nitriles is 1. The third-order valence-corrected chi connectivity index (χ3v) is 3.67. The fourth-order valence-electron chi connectivity index (χ4n) is 1.79. The van der Waals surface area contributed by atoms with Gasteiger partial charge in [-0.15, -0.1) is 11.8 Å². The van der Waals surface area contributed by atoms with E-state index in [9.17, 15) is 4.79 Å². The Balaban J connectivity index is 2.14. The maximum atomic E-state index is 12.5. The molecule has 1 N–H and O–H groups in total. The van der Waals surface area contributed by atoms with E-state index in [1.54, 1.807) is 30.4 Å². The van der Waals surface area contributed by atoms with Crippen LogP contribution in [0.4, 0.5) is 0 Å². The number of nitrogens with zero attached hydrogens (tertiary/aromatic N) is 3. The highest BCUT2D eigenvalue weighted by molar-refractivity contribution is 7.99. The number of aromatic amines is 1. The first-order valence-corrected chi connectivity index (χ1v) is 7.03. The second-order valence-electron chi connectivity index (χ2n) is 4.21. The molecule has 0 saturated heterocycles. The van der Waals surface area contributed by atoms with Gasteiger partial charge < -0.3 is 4.90 Å². The Labute approximate surface area is 121 Å². The lowest BCUT2D eigenvalue weighted by Crippen LogP contribution is -2.26. The lowest BCUT2D eigenvalue weighted by molar-refractivity contribution is 0.0781. The minimum Gasteiger partial charge on any atom is -0.337 e. The van der Waals surface area contributed by atoms with Gasteiger partial charge in [-0.2, -0.15) is 10.4 Å². The van der Waals surface area contributed by atoms with E-state index in [0.29, 0.717) is 17.9 Å². The monoisotopic (exact) mass is 286 g/mol. The van der Waals surface area contributed by atoms with Crippen molar-refractivity contribution in [3.05, 3.63) is 47.8 Å². The highest BCUT2D eigenvalue weighted by Crippen LogP contribution is 2.23. The maximum absolute atomic E-state index is 12.5. The van der Waals surface area contributed by atoms with E-state index in [2.05, 4.69) is 16.3 Å². The van der Waals surface area contributed by atoms with Crippen LogP contribution in [0.1, 0.15) is 15.9 Å². The van der Waals surface area contributed by atoms with E-state index >= 15 is 0 Å². The second kappa shape index (κ2) is 6.78. The molecule has 102 valence electrons. The van der Waals surface area contributed by atoms with Crippen LogP contribution < -0.4 is 0 Å². The molecule has 1 amide bonds. The Kier molecular flexibility index (Phi) is 4.80. The van der Waals surface area contributed by atoms with Crippen molar-refractivity contribution in [1.82, 2.24) is 15.1 Å².